The lowest BCUT2D eigenvalue weighted by Gasteiger charge is -2.28. The monoisotopic (exact) mass is 777 g/mol. The summed E-state index contributed by atoms with van der Waals surface area (Å²) in [6.45, 7) is 8.93. The summed E-state index contributed by atoms with van der Waals surface area (Å²) in [4.78, 5) is 19.2. The molecule has 6 rings (SSSR count). The summed E-state index contributed by atoms with van der Waals surface area (Å²) >= 11 is 5.97. The maximum atomic E-state index is 13.8. The fourth-order valence-electron chi connectivity index (χ4n) is 7.46. The standard InChI is InChI=1S/C41H52ClN5O6S/c1-4-36-38(35(44-45(36)3)29-47(54(49,50)28-11-20-42)22-12-21-46-23-26-51-27-24-46)34-17-9-16-32-33(40(43-39(32)34)41(48)52-5-2)18-10-25-53-37-19-8-14-30-13-6-7-15-31(30)37/h6-9,13-17,19,43H,4-5,10-12,18,20-29H2,1-3H3. The lowest BCUT2D eigenvalue weighted by atomic mass is 9.97. The molecule has 2 aromatic heterocycles. The van der Waals surface area contributed by atoms with Gasteiger partial charge in [-0.1, -0.05) is 61.5 Å². The number of H-pyrrole nitrogens is 1. The highest BCUT2D eigenvalue weighted by molar-refractivity contribution is 7.89. The predicted octanol–water partition coefficient (Wildman–Crippen LogP) is 6.96. The molecule has 0 saturated carbocycles. The maximum Gasteiger partial charge on any atom is 0.355 e. The number of aromatic nitrogens is 3. The molecule has 0 aliphatic carbocycles. The van der Waals surface area contributed by atoms with Crippen molar-refractivity contribution in [2.45, 2.75) is 52.5 Å². The van der Waals surface area contributed by atoms with Crippen LogP contribution in [-0.4, -0.2) is 103 Å². The van der Waals surface area contributed by atoms with E-state index in [1.165, 1.54) is 0 Å². The van der Waals surface area contributed by atoms with Crippen molar-refractivity contribution in [2.75, 3.05) is 64.2 Å². The van der Waals surface area contributed by atoms with Gasteiger partial charge in [0.15, 0.2) is 0 Å². The van der Waals surface area contributed by atoms with E-state index in [-0.39, 0.29) is 24.8 Å². The number of hydrogen-bond acceptors (Lipinski definition) is 8. The quantitative estimate of drug-likeness (QED) is 0.0544. The van der Waals surface area contributed by atoms with Crippen molar-refractivity contribution in [1.82, 2.24) is 24.0 Å². The predicted molar refractivity (Wildman–Crippen MR) is 215 cm³/mol. The molecule has 1 fully saturated rings. The molecular formula is C41H52ClN5O6S. The number of esters is 1. The van der Waals surface area contributed by atoms with E-state index in [0.29, 0.717) is 69.9 Å². The third-order valence-corrected chi connectivity index (χ3v) is 12.3. The average molecular weight is 778 g/mol. The number of nitrogens with zero attached hydrogens (tertiary/aromatic N) is 4. The van der Waals surface area contributed by atoms with Crippen molar-refractivity contribution in [3.8, 4) is 16.9 Å². The first-order valence-corrected chi connectivity index (χ1v) is 21.2. The summed E-state index contributed by atoms with van der Waals surface area (Å²) in [5.41, 5.74) is 5.45. The molecule has 3 heterocycles. The number of ether oxygens (including phenoxy) is 3. The van der Waals surface area contributed by atoms with Gasteiger partial charge in [0.2, 0.25) is 10.0 Å². The van der Waals surface area contributed by atoms with E-state index in [1.54, 1.807) is 11.2 Å². The van der Waals surface area contributed by atoms with Crippen LogP contribution in [0.3, 0.4) is 0 Å². The first kappa shape index (κ1) is 39.7. The number of aromatic amines is 1. The smallest absolute Gasteiger partial charge is 0.355 e. The van der Waals surface area contributed by atoms with Crippen LogP contribution in [0.4, 0.5) is 0 Å². The number of benzene rings is 3. The highest BCUT2D eigenvalue weighted by atomic mass is 35.5. The number of morpholine rings is 1. The SMILES string of the molecule is CCOC(=O)c1[nH]c2c(-c3c(CN(CCCN4CCOCC4)S(=O)(=O)CCCCl)nn(C)c3CC)cccc2c1CCCOc1cccc2ccccc12. The van der Waals surface area contributed by atoms with Crippen molar-refractivity contribution in [2.24, 2.45) is 7.05 Å². The number of rotatable bonds is 19. The van der Waals surface area contributed by atoms with E-state index in [4.69, 9.17) is 30.9 Å². The Balaban J connectivity index is 1.32. The molecule has 11 nitrogen and oxygen atoms in total. The number of hydrogen-bond donors (Lipinski definition) is 1. The van der Waals surface area contributed by atoms with Gasteiger partial charge >= 0.3 is 5.97 Å². The van der Waals surface area contributed by atoms with Crippen LogP contribution in [0.1, 0.15) is 60.5 Å². The zero-order valence-electron chi connectivity index (χ0n) is 31.6. The lowest BCUT2D eigenvalue weighted by molar-refractivity contribution is 0.0368. The van der Waals surface area contributed by atoms with Gasteiger partial charge in [0, 0.05) is 60.2 Å². The molecule has 54 heavy (non-hydrogen) atoms. The molecular weight excluding hydrogens is 726 g/mol. The Morgan fingerprint density at radius 1 is 1.00 bits per heavy atom. The molecule has 0 bridgehead atoms. The van der Waals surface area contributed by atoms with Crippen molar-refractivity contribution < 1.29 is 27.4 Å². The van der Waals surface area contributed by atoms with E-state index in [1.807, 2.05) is 54.2 Å². The first-order chi connectivity index (χ1) is 26.2. The highest BCUT2D eigenvalue weighted by Gasteiger charge is 2.29. The van der Waals surface area contributed by atoms with Crippen molar-refractivity contribution >= 4 is 49.3 Å². The zero-order chi connectivity index (χ0) is 38.1. The molecule has 13 heteroatoms. The fourth-order valence-corrected chi connectivity index (χ4v) is 9.25. The summed E-state index contributed by atoms with van der Waals surface area (Å²) in [6.07, 6.45) is 2.98. The normalized spacial score (nSPS) is 14.0. The Bertz CT molecular complexity index is 2140. The number of carbonyl (C=O) groups excluding carboxylic acids is 1. The molecule has 1 saturated heterocycles. The maximum absolute atomic E-state index is 13.8. The lowest BCUT2D eigenvalue weighted by Crippen LogP contribution is -2.39. The minimum atomic E-state index is -3.63. The molecule has 1 N–H and O–H groups in total. The van der Waals surface area contributed by atoms with Crippen LogP contribution in [0.2, 0.25) is 0 Å². The number of para-hydroxylation sites is 1. The van der Waals surface area contributed by atoms with Crippen LogP contribution in [-0.2, 0) is 45.9 Å². The largest absolute Gasteiger partial charge is 0.493 e. The molecule has 0 unspecified atom stereocenters. The Hall–Kier alpha value is -3.94. The molecule has 5 aromatic rings. The van der Waals surface area contributed by atoms with Crippen LogP contribution in [0, 0.1) is 0 Å². The summed E-state index contributed by atoms with van der Waals surface area (Å²) in [7, 11) is -1.73. The Morgan fingerprint density at radius 2 is 1.76 bits per heavy atom. The second kappa shape index (κ2) is 18.6. The van der Waals surface area contributed by atoms with Gasteiger partial charge in [-0.25, -0.2) is 13.2 Å². The van der Waals surface area contributed by atoms with Crippen molar-refractivity contribution in [3.05, 3.63) is 83.3 Å². The van der Waals surface area contributed by atoms with E-state index >= 15 is 0 Å². The number of alkyl halides is 1. The minimum Gasteiger partial charge on any atom is -0.493 e. The number of carbonyl (C=O) groups is 1. The molecule has 3 aromatic carbocycles. The second-order valence-corrected chi connectivity index (χ2v) is 16.1. The van der Waals surface area contributed by atoms with Gasteiger partial charge in [-0.3, -0.25) is 9.58 Å². The number of nitrogens with one attached hydrogen (secondary N) is 1. The summed E-state index contributed by atoms with van der Waals surface area (Å²) < 4.78 is 48.3. The molecule has 1 aliphatic rings. The van der Waals surface area contributed by atoms with Gasteiger partial charge in [-0.2, -0.15) is 9.40 Å². The number of halogens is 1. The van der Waals surface area contributed by atoms with Crippen LogP contribution in [0.5, 0.6) is 5.75 Å². The van der Waals surface area contributed by atoms with Gasteiger partial charge in [0.1, 0.15) is 11.4 Å². The highest BCUT2D eigenvalue weighted by Crippen LogP contribution is 2.37. The van der Waals surface area contributed by atoms with Crippen LogP contribution < -0.4 is 4.74 Å². The topological polar surface area (TPSA) is 119 Å². The number of fused-ring (bicyclic) bond motifs is 2. The molecule has 0 spiro atoms. The molecule has 0 atom stereocenters. The summed E-state index contributed by atoms with van der Waals surface area (Å²) in [5, 5.41) is 8.03. The summed E-state index contributed by atoms with van der Waals surface area (Å²) in [5.74, 6) is 0.657. The first-order valence-electron chi connectivity index (χ1n) is 19.1. The molecule has 0 amide bonds. The Kier molecular flexibility index (Phi) is 13.7. The fraction of sp³-hybridized carbons (Fsp3) is 0.463. The van der Waals surface area contributed by atoms with Crippen LogP contribution in [0.25, 0.3) is 32.8 Å². The van der Waals surface area contributed by atoms with Gasteiger partial charge in [0.25, 0.3) is 0 Å². The summed E-state index contributed by atoms with van der Waals surface area (Å²) in [6, 6.07) is 20.2. The van der Waals surface area contributed by atoms with Crippen molar-refractivity contribution in [3.63, 3.8) is 0 Å². The molecule has 0 radical (unpaired) electrons. The van der Waals surface area contributed by atoms with Gasteiger partial charge in [-0.05, 0) is 62.6 Å². The van der Waals surface area contributed by atoms with Gasteiger partial charge in [0.05, 0.1) is 49.9 Å². The van der Waals surface area contributed by atoms with E-state index in [0.717, 1.165) is 69.4 Å². The van der Waals surface area contributed by atoms with Gasteiger partial charge < -0.3 is 19.2 Å². The van der Waals surface area contributed by atoms with E-state index in [9.17, 15) is 13.2 Å². The van der Waals surface area contributed by atoms with Gasteiger partial charge in [-0.15, -0.1) is 11.6 Å². The average Bonchev–Trinajstić information content (AvgIpc) is 3.72. The molecule has 290 valence electrons. The number of aryl methyl sites for hydroxylation is 2. The van der Waals surface area contributed by atoms with E-state index in [2.05, 4.69) is 35.0 Å². The van der Waals surface area contributed by atoms with E-state index < -0.39 is 16.0 Å². The number of sulfonamides is 1. The molecule has 1 aliphatic heterocycles. The zero-order valence-corrected chi connectivity index (χ0v) is 33.2. The Morgan fingerprint density at radius 3 is 2.54 bits per heavy atom. The third-order valence-electron chi connectivity index (χ3n) is 10.1. The third kappa shape index (κ3) is 9.12. The van der Waals surface area contributed by atoms with Crippen LogP contribution in [0.15, 0.2) is 60.7 Å². The van der Waals surface area contributed by atoms with Crippen molar-refractivity contribution in [1.29, 1.82) is 0 Å². The minimum absolute atomic E-state index is 0.0282. The Labute approximate surface area is 323 Å². The second-order valence-electron chi connectivity index (χ2n) is 13.6. The van der Waals surface area contributed by atoms with Crippen LogP contribution >= 0.6 is 11.6 Å².